The molecule has 0 unspecified atom stereocenters. The van der Waals surface area contributed by atoms with Crippen LogP contribution in [0.5, 0.6) is 0 Å². The summed E-state index contributed by atoms with van der Waals surface area (Å²) >= 11 is 1.63. The number of nitrogens with two attached hydrogens (primary N) is 1. The second-order valence-electron chi connectivity index (χ2n) is 3.93. The van der Waals surface area contributed by atoms with Crippen LogP contribution in [0.4, 0.5) is 0 Å². The number of rotatable bonds is 3. The van der Waals surface area contributed by atoms with Gasteiger partial charge in [-0.25, -0.2) is 0 Å². The van der Waals surface area contributed by atoms with Crippen molar-refractivity contribution in [3.8, 4) is 0 Å². The first-order valence-electron chi connectivity index (χ1n) is 5.88. The Labute approximate surface area is 112 Å². The van der Waals surface area contributed by atoms with Gasteiger partial charge < -0.3 is 0 Å². The van der Waals surface area contributed by atoms with Crippen LogP contribution < -0.4 is 10.7 Å². The van der Waals surface area contributed by atoms with E-state index in [0.717, 1.165) is 5.17 Å². The number of nitrogens with one attached hydrogen (secondary N) is 1. The van der Waals surface area contributed by atoms with Gasteiger partial charge in [-0.3, -0.25) is 10.7 Å². The van der Waals surface area contributed by atoms with Gasteiger partial charge in [0.1, 0.15) is 0 Å². The molecule has 0 radical (unpaired) electrons. The van der Waals surface area contributed by atoms with Crippen molar-refractivity contribution in [2.45, 2.75) is 5.25 Å². The molecule has 0 aromatic heterocycles. The first kappa shape index (κ1) is 12.7. The van der Waals surface area contributed by atoms with Gasteiger partial charge in [0.15, 0.2) is 0 Å². The minimum Gasteiger partial charge on any atom is -0.282 e. The summed E-state index contributed by atoms with van der Waals surface area (Å²) in [5.74, 6) is 0. The van der Waals surface area contributed by atoms with Gasteiger partial charge in [0.25, 0.3) is 0 Å². The van der Waals surface area contributed by atoms with Gasteiger partial charge in [0, 0.05) is 0 Å². The quantitative estimate of drug-likeness (QED) is 0.647. The Balaban J connectivity index is 2.35. The summed E-state index contributed by atoms with van der Waals surface area (Å²) in [4.78, 5) is 2.99. The van der Waals surface area contributed by atoms with Crippen LogP contribution in [-0.2, 0) is 0 Å². The highest BCUT2D eigenvalue weighted by molar-refractivity contribution is 8.13. The normalized spacial score (nSPS) is 11.8. The van der Waals surface area contributed by atoms with Crippen molar-refractivity contribution in [2.75, 3.05) is 7.05 Å². The summed E-state index contributed by atoms with van der Waals surface area (Å²) in [6.45, 7) is 0. The highest BCUT2D eigenvalue weighted by atomic mass is 32.2. The van der Waals surface area contributed by atoms with E-state index in [4.69, 9.17) is 5.73 Å². The van der Waals surface area contributed by atoms with Gasteiger partial charge >= 0.3 is 5.17 Å². The molecule has 0 spiro atoms. The lowest BCUT2D eigenvalue weighted by Gasteiger charge is -2.15. The zero-order chi connectivity index (χ0) is 12.8. The topological polar surface area (TPSA) is 40.0 Å². The average Bonchev–Trinajstić information content (AvgIpc) is 2.46. The molecular weight excluding hydrogens is 240 g/mol. The zero-order valence-electron chi connectivity index (χ0n) is 10.3. The first-order valence-corrected chi connectivity index (χ1v) is 6.76. The third-order valence-electron chi connectivity index (χ3n) is 2.70. The Hall–Kier alpha value is -1.74. The average molecular weight is 257 g/mol. The van der Waals surface area contributed by atoms with E-state index in [0.29, 0.717) is 0 Å². The molecule has 2 aromatic carbocycles. The molecule has 0 fully saturated rings. The molecule has 3 heteroatoms. The molecule has 2 nitrogen and oxygen atoms in total. The largest absolute Gasteiger partial charge is 0.302 e. The van der Waals surface area contributed by atoms with E-state index in [1.165, 1.54) is 11.1 Å². The van der Waals surface area contributed by atoms with Gasteiger partial charge in [0.2, 0.25) is 0 Å². The van der Waals surface area contributed by atoms with Crippen LogP contribution in [0.1, 0.15) is 16.4 Å². The molecule has 0 amide bonds. The Morgan fingerprint density at radius 3 is 1.78 bits per heavy atom. The van der Waals surface area contributed by atoms with Crippen LogP contribution >= 0.6 is 11.8 Å². The summed E-state index contributed by atoms with van der Waals surface area (Å²) in [6.07, 6.45) is 0. The lowest BCUT2D eigenvalue weighted by atomic mass is 10.0. The Morgan fingerprint density at radius 2 is 1.39 bits per heavy atom. The summed E-state index contributed by atoms with van der Waals surface area (Å²) in [5, 5.41) is 0.951. The fraction of sp³-hybridized carbons (Fsp3) is 0.133. The van der Waals surface area contributed by atoms with Crippen molar-refractivity contribution in [3.05, 3.63) is 71.8 Å². The fourth-order valence-electron chi connectivity index (χ4n) is 1.77. The fourth-order valence-corrected chi connectivity index (χ4v) is 2.73. The molecular formula is C15H17N2S+. The number of hydrogen-bond donors (Lipinski definition) is 2. The Kier molecular flexibility index (Phi) is 4.42. The second-order valence-corrected chi connectivity index (χ2v) is 5.08. The molecule has 0 saturated heterocycles. The highest BCUT2D eigenvalue weighted by Crippen LogP contribution is 2.34. The van der Waals surface area contributed by atoms with E-state index in [1.54, 1.807) is 11.8 Å². The van der Waals surface area contributed by atoms with Crippen molar-refractivity contribution in [1.29, 1.82) is 0 Å². The Morgan fingerprint density at radius 1 is 0.944 bits per heavy atom. The maximum Gasteiger partial charge on any atom is 0.302 e. The third kappa shape index (κ3) is 3.14. The summed E-state index contributed by atoms with van der Waals surface area (Å²) in [5.41, 5.74) is 8.43. The van der Waals surface area contributed by atoms with Crippen LogP contribution in [0.15, 0.2) is 60.7 Å². The van der Waals surface area contributed by atoms with Gasteiger partial charge in [-0.15, -0.1) is 0 Å². The van der Waals surface area contributed by atoms with Crippen LogP contribution in [0.25, 0.3) is 0 Å². The predicted molar refractivity (Wildman–Crippen MR) is 78.4 cm³/mol. The van der Waals surface area contributed by atoms with Crippen LogP contribution in [0, 0.1) is 0 Å². The number of hydrogen-bond acceptors (Lipinski definition) is 1. The number of thioether (sulfide) groups is 1. The summed E-state index contributed by atoms with van der Waals surface area (Å²) in [7, 11) is 1.84. The van der Waals surface area contributed by atoms with Crippen LogP contribution in [-0.4, -0.2) is 12.2 Å². The van der Waals surface area contributed by atoms with E-state index in [-0.39, 0.29) is 5.25 Å². The van der Waals surface area contributed by atoms with Crippen molar-refractivity contribution in [2.24, 2.45) is 5.73 Å². The lowest BCUT2D eigenvalue weighted by molar-refractivity contribution is -0.417. The van der Waals surface area contributed by atoms with Gasteiger partial charge in [-0.2, -0.15) is 0 Å². The van der Waals surface area contributed by atoms with Crippen molar-refractivity contribution < 1.29 is 4.99 Å². The molecule has 0 aliphatic carbocycles. The second kappa shape index (κ2) is 6.26. The minimum atomic E-state index is 0.222. The maximum atomic E-state index is 5.92. The number of amidine groups is 1. The maximum absolute atomic E-state index is 5.92. The van der Waals surface area contributed by atoms with E-state index < -0.39 is 0 Å². The van der Waals surface area contributed by atoms with Crippen LogP contribution in [0.2, 0.25) is 0 Å². The van der Waals surface area contributed by atoms with E-state index in [1.807, 2.05) is 19.2 Å². The number of benzene rings is 2. The van der Waals surface area contributed by atoms with E-state index in [2.05, 4.69) is 53.5 Å². The van der Waals surface area contributed by atoms with E-state index >= 15 is 0 Å². The van der Waals surface area contributed by atoms with Gasteiger partial charge in [0.05, 0.1) is 12.3 Å². The lowest BCUT2D eigenvalue weighted by Crippen LogP contribution is -2.69. The third-order valence-corrected chi connectivity index (χ3v) is 3.93. The van der Waals surface area contributed by atoms with Gasteiger partial charge in [-0.1, -0.05) is 60.7 Å². The molecule has 2 rings (SSSR count). The standard InChI is InChI=1S/C15H16N2S/c1-17-15(16)18-14(12-8-4-2-5-9-12)13-10-6-3-7-11-13/h2-11,14H,1H3,(H2,16,17)/p+1. The van der Waals surface area contributed by atoms with Gasteiger partial charge in [-0.05, 0) is 22.9 Å². The molecule has 0 saturated carbocycles. The molecule has 2 aromatic rings. The molecule has 0 atom stereocenters. The van der Waals surface area contributed by atoms with Crippen molar-refractivity contribution in [1.82, 2.24) is 0 Å². The Bertz CT molecular complexity index is 469. The summed E-state index contributed by atoms with van der Waals surface area (Å²) in [6, 6.07) is 20.8. The van der Waals surface area contributed by atoms with Crippen molar-refractivity contribution >= 4 is 16.9 Å². The first-order chi connectivity index (χ1) is 8.81. The minimum absolute atomic E-state index is 0.222. The predicted octanol–water partition coefficient (Wildman–Crippen LogP) is 1.53. The SMILES string of the molecule is C[NH+]=C(N)SC(c1ccccc1)c1ccccc1. The molecule has 92 valence electrons. The zero-order valence-corrected chi connectivity index (χ0v) is 11.2. The molecule has 0 aliphatic rings. The molecule has 18 heavy (non-hydrogen) atoms. The molecule has 3 N–H and O–H groups in total. The molecule has 0 aliphatic heterocycles. The molecule has 0 heterocycles. The monoisotopic (exact) mass is 257 g/mol. The van der Waals surface area contributed by atoms with Crippen molar-refractivity contribution in [3.63, 3.8) is 0 Å². The molecule has 0 bridgehead atoms. The highest BCUT2D eigenvalue weighted by Gasteiger charge is 2.18. The van der Waals surface area contributed by atoms with Crippen LogP contribution in [0.3, 0.4) is 0 Å². The van der Waals surface area contributed by atoms with E-state index in [9.17, 15) is 0 Å². The summed E-state index contributed by atoms with van der Waals surface area (Å²) < 4.78 is 0. The smallest absolute Gasteiger partial charge is 0.282 e.